The summed E-state index contributed by atoms with van der Waals surface area (Å²) in [6.45, 7) is 0.157. The first-order valence-corrected chi connectivity index (χ1v) is 9.97. The molecule has 8 heteroatoms. The van der Waals surface area contributed by atoms with Crippen LogP contribution in [0.4, 0.5) is 9.18 Å². The molecule has 0 radical (unpaired) electrons. The quantitative estimate of drug-likeness (QED) is 0.441. The highest BCUT2D eigenvalue weighted by Gasteiger charge is 2.35. The van der Waals surface area contributed by atoms with Crippen LogP contribution in [0.3, 0.4) is 0 Å². The van der Waals surface area contributed by atoms with Crippen molar-refractivity contribution in [2.75, 3.05) is 13.7 Å². The number of hydrogen-bond donors (Lipinski definition) is 0. The summed E-state index contributed by atoms with van der Waals surface area (Å²) in [5, 5.41) is -0.384. The lowest BCUT2D eigenvalue weighted by atomic mass is 10.1. The second-order valence-electron chi connectivity index (χ2n) is 5.92. The van der Waals surface area contributed by atoms with Gasteiger partial charge in [0.1, 0.15) is 12.4 Å². The standard InChI is InChI=1S/C21H15BrFNO4S/c1-3-8-28-19-16(22)9-14(10-17(19)27-2)11-18-20(25)24(21(26)29-18)12-13-4-6-15(23)7-5-13/h1,4-7,9-11H,8,12H2,2H3. The first-order valence-electron chi connectivity index (χ1n) is 8.36. The number of benzene rings is 2. The molecule has 2 aromatic carbocycles. The number of hydrogen-bond acceptors (Lipinski definition) is 5. The molecule has 1 aliphatic rings. The van der Waals surface area contributed by atoms with E-state index >= 15 is 0 Å². The lowest BCUT2D eigenvalue weighted by molar-refractivity contribution is -0.123. The van der Waals surface area contributed by atoms with Crippen molar-refractivity contribution in [2.24, 2.45) is 0 Å². The molecule has 29 heavy (non-hydrogen) atoms. The first-order chi connectivity index (χ1) is 13.9. The molecule has 2 aromatic rings. The van der Waals surface area contributed by atoms with Crippen molar-refractivity contribution < 1.29 is 23.5 Å². The number of carbonyl (C=O) groups excluding carboxylic acids is 2. The van der Waals surface area contributed by atoms with Gasteiger partial charge in [0.25, 0.3) is 11.1 Å². The van der Waals surface area contributed by atoms with Crippen LogP contribution in [0, 0.1) is 18.2 Å². The van der Waals surface area contributed by atoms with Crippen molar-refractivity contribution in [1.82, 2.24) is 4.90 Å². The molecule has 5 nitrogen and oxygen atoms in total. The van der Waals surface area contributed by atoms with Crippen molar-refractivity contribution >= 4 is 44.9 Å². The third-order valence-electron chi connectivity index (χ3n) is 3.98. The van der Waals surface area contributed by atoms with Crippen LogP contribution in [0.25, 0.3) is 6.08 Å². The van der Waals surface area contributed by atoms with Crippen molar-refractivity contribution in [2.45, 2.75) is 6.54 Å². The number of halogens is 2. The highest BCUT2D eigenvalue weighted by Crippen LogP contribution is 2.39. The molecule has 0 aromatic heterocycles. The number of carbonyl (C=O) groups is 2. The normalized spacial score (nSPS) is 15.0. The number of nitrogens with zero attached hydrogens (tertiary/aromatic N) is 1. The average molecular weight is 476 g/mol. The fraction of sp³-hybridized carbons (Fsp3) is 0.143. The van der Waals surface area contributed by atoms with E-state index < -0.39 is 5.91 Å². The molecular formula is C21H15BrFNO4S. The van der Waals surface area contributed by atoms with E-state index in [1.165, 1.54) is 19.2 Å². The van der Waals surface area contributed by atoms with Crippen molar-refractivity contribution in [3.05, 3.63) is 62.7 Å². The van der Waals surface area contributed by atoms with Crippen LogP contribution in [-0.2, 0) is 11.3 Å². The summed E-state index contributed by atoms with van der Waals surface area (Å²) in [5.74, 6) is 2.48. The van der Waals surface area contributed by atoms with E-state index in [9.17, 15) is 14.0 Å². The zero-order chi connectivity index (χ0) is 21.0. The molecule has 0 bridgehead atoms. The lowest BCUT2D eigenvalue weighted by Gasteiger charge is -2.13. The Labute approximate surface area is 180 Å². The molecule has 3 rings (SSSR count). The molecule has 0 saturated carbocycles. The maximum Gasteiger partial charge on any atom is 0.293 e. The second-order valence-corrected chi connectivity index (χ2v) is 7.77. The van der Waals surface area contributed by atoms with Gasteiger partial charge >= 0.3 is 0 Å². The Kier molecular flexibility index (Phi) is 6.62. The summed E-state index contributed by atoms with van der Waals surface area (Å²) in [4.78, 5) is 26.4. The number of imide groups is 1. The predicted molar refractivity (Wildman–Crippen MR) is 113 cm³/mol. The van der Waals surface area contributed by atoms with E-state index in [1.807, 2.05) is 0 Å². The van der Waals surface area contributed by atoms with Crippen LogP contribution >= 0.6 is 27.7 Å². The Bertz CT molecular complexity index is 1030. The Balaban J connectivity index is 1.84. The topological polar surface area (TPSA) is 55.8 Å². The monoisotopic (exact) mass is 475 g/mol. The predicted octanol–water partition coefficient (Wildman–Crippen LogP) is 4.85. The van der Waals surface area contributed by atoms with Gasteiger partial charge in [0.2, 0.25) is 0 Å². The van der Waals surface area contributed by atoms with E-state index in [2.05, 4.69) is 21.9 Å². The van der Waals surface area contributed by atoms with Gasteiger partial charge in [-0.05, 0) is 69.2 Å². The third-order valence-corrected chi connectivity index (χ3v) is 5.47. The number of rotatable bonds is 6. The van der Waals surface area contributed by atoms with Gasteiger partial charge in [-0.3, -0.25) is 14.5 Å². The Hall–Kier alpha value is -2.76. The molecular weight excluding hydrogens is 461 g/mol. The van der Waals surface area contributed by atoms with Gasteiger partial charge in [-0.1, -0.05) is 18.1 Å². The molecule has 1 fully saturated rings. The SMILES string of the molecule is C#CCOc1c(Br)cc(C=C2SC(=O)N(Cc3ccc(F)cc3)C2=O)cc1OC. The maximum absolute atomic E-state index is 13.1. The van der Waals surface area contributed by atoms with Crippen LogP contribution in [0.2, 0.25) is 0 Å². The molecule has 0 spiro atoms. The average Bonchev–Trinajstić information content (AvgIpc) is 2.95. The molecule has 148 valence electrons. The number of ether oxygens (including phenoxy) is 2. The van der Waals surface area contributed by atoms with E-state index in [4.69, 9.17) is 15.9 Å². The van der Waals surface area contributed by atoms with Crippen molar-refractivity contribution in [3.63, 3.8) is 0 Å². The fourth-order valence-corrected chi connectivity index (χ4v) is 4.05. The van der Waals surface area contributed by atoms with Crippen molar-refractivity contribution in [3.8, 4) is 23.8 Å². The van der Waals surface area contributed by atoms with Crippen molar-refractivity contribution in [1.29, 1.82) is 0 Å². The summed E-state index contributed by atoms with van der Waals surface area (Å²) >= 11 is 4.25. The van der Waals surface area contributed by atoms with E-state index in [1.54, 1.807) is 30.3 Å². The summed E-state index contributed by atoms with van der Waals surface area (Å²) in [5.41, 5.74) is 1.31. The van der Waals surface area contributed by atoms with Gasteiger partial charge in [-0.15, -0.1) is 6.42 Å². The second kappa shape index (κ2) is 9.16. The minimum absolute atomic E-state index is 0.0775. The van der Waals surface area contributed by atoms with Gasteiger partial charge in [0.15, 0.2) is 11.5 Å². The van der Waals surface area contributed by atoms with E-state index in [0.29, 0.717) is 27.1 Å². The van der Waals surface area contributed by atoms with Crippen LogP contribution in [0.1, 0.15) is 11.1 Å². The molecule has 1 aliphatic heterocycles. The van der Waals surface area contributed by atoms with Crippen LogP contribution in [0.5, 0.6) is 11.5 Å². The molecule has 1 heterocycles. The molecule has 0 unspecified atom stereocenters. The van der Waals surface area contributed by atoms with Gasteiger partial charge < -0.3 is 9.47 Å². The number of amides is 2. The summed E-state index contributed by atoms with van der Waals surface area (Å²) in [6.07, 6.45) is 6.83. The van der Waals surface area contributed by atoms with E-state index in [-0.39, 0.29) is 29.1 Å². The highest BCUT2D eigenvalue weighted by molar-refractivity contribution is 9.10. The number of terminal acetylenes is 1. The maximum atomic E-state index is 13.1. The Morgan fingerprint density at radius 2 is 2.00 bits per heavy atom. The van der Waals surface area contributed by atoms with Gasteiger partial charge in [-0.25, -0.2) is 4.39 Å². The molecule has 0 N–H and O–H groups in total. The first kappa shape index (κ1) is 21.0. The Morgan fingerprint density at radius 1 is 1.28 bits per heavy atom. The largest absolute Gasteiger partial charge is 0.493 e. The molecule has 1 saturated heterocycles. The lowest BCUT2D eigenvalue weighted by Crippen LogP contribution is -2.27. The number of thioether (sulfide) groups is 1. The fourth-order valence-electron chi connectivity index (χ4n) is 2.64. The number of methoxy groups -OCH3 is 1. The third kappa shape index (κ3) is 4.81. The molecule has 0 aliphatic carbocycles. The zero-order valence-electron chi connectivity index (χ0n) is 15.3. The summed E-state index contributed by atoms with van der Waals surface area (Å²) in [7, 11) is 1.49. The summed E-state index contributed by atoms with van der Waals surface area (Å²) in [6, 6.07) is 9.08. The van der Waals surface area contributed by atoms with Gasteiger partial charge in [0, 0.05) is 0 Å². The minimum atomic E-state index is -0.410. The minimum Gasteiger partial charge on any atom is -0.493 e. The highest BCUT2D eigenvalue weighted by atomic mass is 79.9. The van der Waals surface area contributed by atoms with Crippen LogP contribution in [-0.4, -0.2) is 29.8 Å². The van der Waals surface area contributed by atoms with Gasteiger partial charge in [-0.2, -0.15) is 0 Å². The van der Waals surface area contributed by atoms with E-state index in [0.717, 1.165) is 16.7 Å². The van der Waals surface area contributed by atoms with Crippen LogP contribution in [0.15, 0.2) is 45.8 Å². The Morgan fingerprint density at radius 3 is 2.66 bits per heavy atom. The molecule has 0 atom stereocenters. The smallest absolute Gasteiger partial charge is 0.293 e. The van der Waals surface area contributed by atoms with Crippen LogP contribution < -0.4 is 9.47 Å². The van der Waals surface area contributed by atoms with Gasteiger partial charge in [0.05, 0.1) is 23.0 Å². The summed E-state index contributed by atoms with van der Waals surface area (Å²) < 4.78 is 24.5. The zero-order valence-corrected chi connectivity index (χ0v) is 17.7. The molecule has 2 amide bonds.